The van der Waals surface area contributed by atoms with Crippen LogP contribution in [-0.2, 0) is 10.2 Å². The van der Waals surface area contributed by atoms with Crippen LogP contribution in [0.5, 0.6) is 11.5 Å². The molecule has 0 saturated heterocycles. The van der Waals surface area contributed by atoms with Crippen molar-refractivity contribution in [3.8, 4) is 11.5 Å². The second kappa shape index (κ2) is 6.52. The lowest BCUT2D eigenvalue weighted by Crippen LogP contribution is -2.64. The summed E-state index contributed by atoms with van der Waals surface area (Å²) >= 11 is 0. The third kappa shape index (κ3) is 2.48. The summed E-state index contributed by atoms with van der Waals surface area (Å²) in [5.41, 5.74) is 2.51. The van der Waals surface area contributed by atoms with Gasteiger partial charge in [-0.2, -0.15) is 0 Å². The Morgan fingerprint density at radius 2 is 1.64 bits per heavy atom. The SMILES string of the molecule is Cc1c(O)c(O)cc2c1C(=O)C=C1C2(C)CCC2(C)C3CC(C)C(=O)C(C)C3(C)CCC12C. The minimum atomic E-state index is -0.358. The average molecular weight is 451 g/mol. The minimum Gasteiger partial charge on any atom is -0.504 e. The van der Waals surface area contributed by atoms with Gasteiger partial charge in [0.2, 0.25) is 0 Å². The van der Waals surface area contributed by atoms with Crippen LogP contribution >= 0.6 is 0 Å². The van der Waals surface area contributed by atoms with Gasteiger partial charge in [-0.15, -0.1) is 0 Å². The highest BCUT2D eigenvalue weighted by atomic mass is 16.3. The molecule has 0 amide bonds. The number of hydrogen-bond donors (Lipinski definition) is 2. The van der Waals surface area contributed by atoms with E-state index >= 15 is 0 Å². The molecule has 4 nitrogen and oxygen atoms in total. The van der Waals surface area contributed by atoms with Crippen LogP contribution in [0.2, 0.25) is 0 Å². The molecule has 3 saturated carbocycles. The van der Waals surface area contributed by atoms with Gasteiger partial charge in [0.15, 0.2) is 17.3 Å². The lowest BCUT2D eigenvalue weighted by atomic mass is 9.34. The average Bonchev–Trinajstić information content (AvgIpc) is 2.76. The molecule has 0 aromatic heterocycles. The second-order valence-electron chi connectivity index (χ2n) is 12.6. The Labute approximate surface area is 197 Å². The van der Waals surface area contributed by atoms with Gasteiger partial charge in [0, 0.05) is 28.4 Å². The van der Waals surface area contributed by atoms with Crippen molar-refractivity contribution in [2.45, 2.75) is 86.0 Å². The zero-order valence-corrected chi connectivity index (χ0v) is 21.1. The Morgan fingerprint density at radius 1 is 0.970 bits per heavy atom. The van der Waals surface area contributed by atoms with E-state index in [9.17, 15) is 19.8 Å². The Morgan fingerprint density at radius 3 is 2.30 bits per heavy atom. The fourth-order valence-electron chi connectivity index (χ4n) is 8.85. The van der Waals surface area contributed by atoms with Gasteiger partial charge in [-0.25, -0.2) is 0 Å². The molecule has 2 N–H and O–H groups in total. The maximum Gasteiger partial charge on any atom is 0.186 e. The molecule has 33 heavy (non-hydrogen) atoms. The van der Waals surface area contributed by atoms with Gasteiger partial charge in [-0.3, -0.25) is 9.59 Å². The highest BCUT2D eigenvalue weighted by Crippen LogP contribution is 2.74. The molecule has 0 radical (unpaired) electrons. The smallest absolute Gasteiger partial charge is 0.186 e. The number of hydrogen-bond acceptors (Lipinski definition) is 4. The summed E-state index contributed by atoms with van der Waals surface area (Å²) in [6.07, 6.45) is 6.63. The monoisotopic (exact) mass is 450 g/mol. The van der Waals surface area contributed by atoms with Crippen molar-refractivity contribution in [1.82, 2.24) is 0 Å². The van der Waals surface area contributed by atoms with Crippen LogP contribution in [0, 0.1) is 40.9 Å². The molecule has 3 fully saturated rings. The number of benzene rings is 1. The number of phenolic OH excluding ortho intramolecular Hbond substituents is 2. The summed E-state index contributed by atoms with van der Waals surface area (Å²) < 4.78 is 0. The van der Waals surface area contributed by atoms with Gasteiger partial charge < -0.3 is 10.2 Å². The van der Waals surface area contributed by atoms with E-state index in [1.807, 2.05) is 6.08 Å². The van der Waals surface area contributed by atoms with Crippen LogP contribution in [0.15, 0.2) is 17.7 Å². The number of fused-ring (bicyclic) bond motifs is 7. The van der Waals surface area contributed by atoms with Crippen LogP contribution in [-0.4, -0.2) is 21.8 Å². The summed E-state index contributed by atoms with van der Waals surface area (Å²) in [4.78, 5) is 26.4. The van der Waals surface area contributed by atoms with Gasteiger partial charge in [-0.05, 0) is 84.5 Å². The largest absolute Gasteiger partial charge is 0.504 e. The molecule has 0 spiro atoms. The molecule has 4 heteroatoms. The fourth-order valence-corrected chi connectivity index (χ4v) is 8.85. The number of phenols is 2. The topological polar surface area (TPSA) is 74.6 Å². The van der Waals surface area contributed by atoms with Crippen molar-refractivity contribution >= 4 is 11.6 Å². The summed E-state index contributed by atoms with van der Waals surface area (Å²) in [6, 6.07) is 1.63. The first-order chi connectivity index (χ1) is 15.2. The molecule has 1 aromatic carbocycles. The molecule has 0 bridgehead atoms. The van der Waals surface area contributed by atoms with Crippen molar-refractivity contribution in [2.24, 2.45) is 34.0 Å². The van der Waals surface area contributed by atoms with Crippen molar-refractivity contribution in [1.29, 1.82) is 0 Å². The van der Waals surface area contributed by atoms with Crippen LogP contribution in [0.1, 0.15) is 95.1 Å². The third-order valence-corrected chi connectivity index (χ3v) is 11.5. The van der Waals surface area contributed by atoms with Crippen LogP contribution < -0.4 is 0 Å². The predicted molar refractivity (Wildman–Crippen MR) is 129 cm³/mol. The number of Topliss-reactive ketones (excluding diaryl/α,β-unsaturated/α-hetero) is 1. The molecule has 7 unspecified atom stereocenters. The minimum absolute atomic E-state index is 0.0105. The molecular weight excluding hydrogens is 412 g/mol. The van der Waals surface area contributed by atoms with Gasteiger partial charge >= 0.3 is 0 Å². The number of allylic oxidation sites excluding steroid dienone is 2. The Kier molecular flexibility index (Phi) is 4.48. The predicted octanol–water partition coefficient (Wildman–Crippen LogP) is 6.25. The second-order valence-corrected chi connectivity index (χ2v) is 12.6. The van der Waals surface area contributed by atoms with E-state index in [0.29, 0.717) is 22.8 Å². The van der Waals surface area contributed by atoms with Gasteiger partial charge in [0.1, 0.15) is 5.78 Å². The van der Waals surface area contributed by atoms with Crippen molar-refractivity contribution < 1.29 is 19.8 Å². The standard InChI is InChI=1S/C29H38O4/c1-15-12-21-26(4,17(3)24(15)32)8-10-29(7)22-14-19(30)23-16(2)25(33)20(31)13-18(23)27(22,5)9-11-28(21,29)6/h13-15,17,21,31,33H,8-12H2,1-7H3. The molecule has 0 aliphatic heterocycles. The first-order valence-electron chi connectivity index (χ1n) is 12.6. The zero-order chi connectivity index (χ0) is 24.3. The van der Waals surface area contributed by atoms with Gasteiger partial charge in [-0.1, -0.05) is 41.5 Å². The Hall–Kier alpha value is -2.10. The summed E-state index contributed by atoms with van der Waals surface area (Å²) in [5.74, 6) is 0.561. The molecule has 1 aromatic rings. The van der Waals surface area contributed by atoms with Crippen LogP contribution in [0.4, 0.5) is 0 Å². The molecule has 4 aliphatic rings. The van der Waals surface area contributed by atoms with E-state index in [4.69, 9.17) is 0 Å². The molecule has 7 atom stereocenters. The summed E-state index contributed by atoms with van der Waals surface area (Å²) in [6.45, 7) is 15.3. The van der Waals surface area contributed by atoms with Crippen molar-refractivity contribution in [2.75, 3.05) is 0 Å². The van der Waals surface area contributed by atoms with Crippen LogP contribution in [0.3, 0.4) is 0 Å². The normalized spacial score (nSPS) is 44.3. The number of ketones is 2. The highest BCUT2D eigenvalue weighted by Gasteiger charge is 2.67. The van der Waals surface area contributed by atoms with Crippen molar-refractivity contribution in [3.05, 3.63) is 34.4 Å². The zero-order valence-electron chi connectivity index (χ0n) is 21.1. The number of aromatic hydroxyl groups is 2. The first kappa shape index (κ1) is 22.7. The lowest BCUT2D eigenvalue weighted by molar-refractivity contribution is -0.174. The summed E-state index contributed by atoms with van der Waals surface area (Å²) in [7, 11) is 0. The van der Waals surface area contributed by atoms with Crippen LogP contribution in [0.25, 0.3) is 0 Å². The lowest BCUT2D eigenvalue weighted by Gasteiger charge is -2.69. The van der Waals surface area contributed by atoms with Gasteiger partial charge in [0.05, 0.1) is 0 Å². The Bertz CT molecular complexity index is 1130. The Balaban J connectivity index is 1.69. The number of rotatable bonds is 0. The number of carbonyl (C=O) groups is 2. The number of carbonyl (C=O) groups excluding carboxylic acids is 2. The maximum atomic E-state index is 13.5. The quantitative estimate of drug-likeness (QED) is 0.458. The maximum absolute atomic E-state index is 13.5. The van der Waals surface area contributed by atoms with E-state index in [1.54, 1.807) is 13.0 Å². The van der Waals surface area contributed by atoms with E-state index in [-0.39, 0.29) is 50.8 Å². The fraction of sp³-hybridized carbons (Fsp3) is 0.655. The molecule has 0 heterocycles. The summed E-state index contributed by atoms with van der Waals surface area (Å²) in [5, 5.41) is 20.8. The first-order valence-corrected chi connectivity index (χ1v) is 12.6. The molecule has 4 aliphatic carbocycles. The molecule has 178 valence electrons. The van der Waals surface area contributed by atoms with E-state index < -0.39 is 0 Å². The highest BCUT2D eigenvalue weighted by molar-refractivity contribution is 6.10. The van der Waals surface area contributed by atoms with Gasteiger partial charge in [0.25, 0.3) is 0 Å². The van der Waals surface area contributed by atoms with E-state index in [1.165, 1.54) is 5.57 Å². The van der Waals surface area contributed by atoms with E-state index in [0.717, 1.165) is 37.7 Å². The van der Waals surface area contributed by atoms with Crippen molar-refractivity contribution in [3.63, 3.8) is 0 Å². The molecule has 5 rings (SSSR count). The van der Waals surface area contributed by atoms with E-state index in [2.05, 4.69) is 41.5 Å². The third-order valence-electron chi connectivity index (χ3n) is 11.5. The molecular formula is C29H38O4.